The molecule has 0 spiro atoms. The summed E-state index contributed by atoms with van der Waals surface area (Å²) in [5.74, 6) is 3.59. The van der Waals surface area contributed by atoms with Gasteiger partial charge in [0.15, 0.2) is 5.96 Å². The van der Waals surface area contributed by atoms with Crippen LogP contribution in [0.5, 0.6) is 11.5 Å². The van der Waals surface area contributed by atoms with Crippen LogP contribution in [-0.4, -0.2) is 62.0 Å². The topological polar surface area (TPSA) is 75.9 Å². The molecule has 2 heterocycles. The standard InChI is InChI=1S/C23H36N6O2/c1-5-24-23(26-9-6-7-11-28-13-10-25-18(28)2)27-19-8-12-29(17-19)20-14-21(30-3)16-22(15-20)31-4/h10,13-16,19H,5-9,11-12,17H2,1-4H3,(H2,24,26,27). The summed E-state index contributed by atoms with van der Waals surface area (Å²) in [7, 11) is 3.37. The lowest BCUT2D eigenvalue weighted by atomic mass is 10.2. The Balaban J connectivity index is 1.50. The summed E-state index contributed by atoms with van der Waals surface area (Å²) in [6.07, 6.45) is 7.09. The second-order valence-electron chi connectivity index (χ2n) is 7.78. The number of methoxy groups -OCH3 is 2. The highest BCUT2D eigenvalue weighted by molar-refractivity contribution is 5.80. The Bertz CT molecular complexity index is 828. The van der Waals surface area contributed by atoms with Gasteiger partial charge in [0.2, 0.25) is 0 Å². The van der Waals surface area contributed by atoms with Gasteiger partial charge in [0, 0.05) is 75.0 Å². The predicted molar refractivity (Wildman–Crippen MR) is 125 cm³/mol. The lowest BCUT2D eigenvalue weighted by Gasteiger charge is -2.21. The van der Waals surface area contributed by atoms with Crippen LogP contribution < -0.4 is 25.0 Å². The summed E-state index contributed by atoms with van der Waals surface area (Å²) < 4.78 is 13.0. The number of rotatable bonds is 10. The van der Waals surface area contributed by atoms with Gasteiger partial charge in [0.1, 0.15) is 17.3 Å². The van der Waals surface area contributed by atoms with E-state index in [9.17, 15) is 0 Å². The van der Waals surface area contributed by atoms with Gasteiger partial charge >= 0.3 is 0 Å². The van der Waals surface area contributed by atoms with Crippen molar-refractivity contribution >= 4 is 11.6 Å². The molecule has 8 heteroatoms. The molecule has 31 heavy (non-hydrogen) atoms. The van der Waals surface area contributed by atoms with E-state index in [0.29, 0.717) is 6.04 Å². The van der Waals surface area contributed by atoms with Crippen molar-refractivity contribution in [2.24, 2.45) is 4.99 Å². The second kappa shape index (κ2) is 11.5. The van der Waals surface area contributed by atoms with Crippen LogP contribution in [0.3, 0.4) is 0 Å². The Morgan fingerprint density at radius 1 is 1.19 bits per heavy atom. The Kier molecular flexibility index (Phi) is 8.44. The van der Waals surface area contributed by atoms with Crippen LogP contribution in [0, 0.1) is 6.92 Å². The number of imidazole rings is 1. The van der Waals surface area contributed by atoms with Crippen molar-refractivity contribution in [2.75, 3.05) is 45.3 Å². The first-order chi connectivity index (χ1) is 15.1. The first-order valence-corrected chi connectivity index (χ1v) is 11.1. The minimum atomic E-state index is 0.351. The van der Waals surface area contributed by atoms with Crippen molar-refractivity contribution < 1.29 is 9.47 Å². The van der Waals surface area contributed by atoms with Crippen LogP contribution in [0.1, 0.15) is 32.0 Å². The molecule has 0 bridgehead atoms. The first kappa shape index (κ1) is 22.8. The zero-order valence-electron chi connectivity index (χ0n) is 19.2. The zero-order chi connectivity index (χ0) is 22.1. The third-order valence-corrected chi connectivity index (χ3v) is 5.58. The Labute approximate surface area is 185 Å². The van der Waals surface area contributed by atoms with Gasteiger partial charge < -0.3 is 29.6 Å². The highest BCUT2D eigenvalue weighted by atomic mass is 16.5. The molecule has 2 N–H and O–H groups in total. The van der Waals surface area contributed by atoms with Gasteiger partial charge in [-0.05, 0) is 33.1 Å². The van der Waals surface area contributed by atoms with E-state index in [1.54, 1.807) is 14.2 Å². The lowest BCUT2D eigenvalue weighted by Crippen LogP contribution is -2.44. The molecule has 0 aliphatic carbocycles. The van der Waals surface area contributed by atoms with Crippen LogP contribution in [0.4, 0.5) is 5.69 Å². The largest absolute Gasteiger partial charge is 0.497 e. The average molecular weight is 429 g/mol. The highest BCUT2D eigenvalue weighted by Crippen LogP contribution is 2.30. The molecule has 1 atom stereocenters. The SMILES string of the molecule is CCNC(=NCCCCn1ccnc1C)NC1CCN(c2cc(OC)cc(OC)c2)C1. The fraction of sp³-hybridized carbons (Fsp3) is 0.565. The molecule has 1 aliphatic rings. The van der Waals surface area contributed by atoms with Crippen molar-refractivity contribution in [3.05, 3.63) is 36.4 Å². The van der Waals surface area contributed by atoms with E-state index in [-0.39, 0.29) is 0 Å². The summed E-state index contributed by atoms with van der Waals surface area (Å²) >= 11 is 0. The summed E-state index contributed by atoms with van der Waals surface area (Å²) in [5, 5.41) is 6.99. The molecule has 3 rings (SSSR count). The number of ether oxygens (including phenoxy) is 2. The van der Waals surface area contributed by atoms with E-state index in [1.807, 2.05) is 25.4 Å². The van der Waals surface area contributed by atoms with Crippen molar-refractivity contribution in [1.82, 2.24) is 20.2 Å². The monoisotopic (exact) mass is 428 g/mol. The third-order valence-electron chi connectivity index (χ3n) is 5.58. The number of hydrogen-bond acceptors (Lipinski definition) is 5. The molecular formula is C23H36N6O2. The van der Waals surface area contributed by atoms with Crippen LogP contribution >= 0.6 is 0 Å². The van der Waals surface area contributed by atoms with E-state index in [2.05, 4.69) is 44.1 Å². The van der Waals surface area contributed by atoms with Gasteiger partial charge in [-0.2, -0.15) is 0 Å². The number of benzene rings is 1. The zero-order valence-corrected chi connectivity index (χ0v) is 19.2. The maximum Gasteiger partial charge on any atom is 0.191 e. The molecular weight excluding hydrogens is 392 g/mol. The molecule has 1 aliphatic heterocycles. The van der Waals surface area contributed by atoms with Gasteiger partial charge in [0.05, 0.1) is 14.2 Å². The molecule has 0 amide bonds. The van der Waals surface area contributed by atoms with E-state index in [1.165, 1.54) is 0 Å². The number of aliphatic imine (C=N–C) groups is 1. The fourth-order valence-corrected chi connectivity index (χ4v) is 3.83. The molecule has 1 aromatic heterocycles. The van der Waals surface area contributed by atoms with Crippen LogP contribution in [-0.2, 0) is 6.54 Å². The van der Waals surface area contributed by atoms with Gasteiger partial charge in [-0.15, -0.1) is 0 Å². The van der Waals surface area contributed by atoms with Gasteiger partial charge in [-0.1, -0.05) is 0 Å². The summed E-state index contributed by atoms with van der Waals surface area (Å²) in [6, 6.07) is 6.38. The van der Waals surface area contributed by atoms with Crippen LogP contribution in [0.15, 0.2) is 35.6 Å². The number of hydrogen-bond donors (Lipinski definition) is 2. The number of nitrogens with zero attached hydrogens (tertiary/aromatic N) is 4. The number of aryl methyl sites for hydroxylation is 2. The van der Waals surface area contributed by atoms with Crippen molar-refractivity contribution in [3.8, 4) is 11.5 Å². The maximum atomic E-state index is 5.42. The Morgan fingerprint density at radius 2 is 1.97 bits per heavy atom. The molecule has 0 saturated carbocycles. The molecule has 0 radical (unpaired) electrons. The summed E-state index contributed by atoms with van der Waals surface area (Å²) in [5.41, 5.74) is 1.12. The third kappa shape index (κ3) is 6.54. The Morgan fingerprint density at radius 3 is 2.61 bits per heavy atom. The van der Waals surface area contributed by atoms with Gasteiger partial charge in [0.25, 0.3) is 0 Å². The maximum absolute atomic E-state index is 5.42. The molecule has 1 fully saturated rings. The van der Waals surface area contributed by atoms with E-state index in [0.717, 1.165) is 81.0 Å². The number of aromatic nitrogens is 2. The van der Waals surface area contributed by atoms with E-state index >= 15 is 0 Å². The molecule has 1 saturated heterocycles. The van der Waals surface area contributed by atoms with Crippen molar-refractivity contribution in [2.45, 2.75) is 45.7 Å². The smallest absolute Gasteiger partial charge is 0.191 e. The quantitative estimate of drug-likeness (QED) is 0.344. The summed E-state index contributed by atoms with van der Waals surface area (Å²) in [4.78, 5) is 11.4. The highest BCUT2D eigenvalue weighted by Gasteiger charge is 2.24. The molecule has 8 nitrogen and oxygen atoms in total. The van der Waals surface area contributed by atoms with Crippen molar-refractivity contribution in [1.29, 1.82) is 0 Å². The summed E-state index contributed by atoms with van der Waals surface area (Å²) in [6.45, 7) is 8.70. The van der Waals surface area contributed by atoms with Crippen LogP contribution in [0.2, 0.25) is 0 Å². The van der Waals surface area contributed by atoms with Crippen molar-refractivity contribution in [3.63, 3.8) is 0 Å². The molecule has 1 unspecified atom stereocenters. The molecule has 170 valence electrons. The van der Waals surface area contributed by atoms with E-state index < -0.39 is 0 Å². The fourth-order valence-electron chi connectivity index (χ4n) is 3.83. The van der Waals surface area contributed by atoms with Crippen LogP contribution in [0.25, 0.3) is 0 Å². The van der Waals surface area contributed by atoms with Gasteiger partial charge in [-0.25, -0.2) is 4.98 Å². The first-order valence-electron chi connectivity index (χ1n) is 11.1. The minimum absolute atomic E-state index is 0.351. The normalized spacial score (nSPS) is 16.5. The Hall–Kier alpha value is -2.90. The number of anilines is 1. The molecule has 2 aromatic rings. The number of unbranched alkanes of at least 4 members (excludes halogenated alkanes) is 1. The minimum Gasteiger partial charge on any atom is -0.497 e. The number of nitrogens with one attached hydrogen (secondary N) is 2. The number of guanidine groups is 1. The molecule has 1 aromatic carbocycles. The van der Waals surface area contributed by atoms with E-state index in [4.69, 9.17) is 14.5 Å². The lowest BCUT2D eigenvalue weighted by molar-refractivity contribution is 0.394. The average Bonchev–Trinajstić information content (AvgIpc) is 3.42. The second-order valence-corrected chi connectivity index (χ2v) is 7.78. The predicted octanol–water partition coefficient (Wildman–Crippen LogP) is 2.82. The van der Waals surface area contributed by atoms with Gasteiger partial charge in [-0.3, -0.25) is 4.99 Å².